The number of ether oxygens (including phenoxy) is 1. The number of aryl methyl sites for hydroxylation is 1. The number of nitrogens with one attached hydrogen (secondary N) is 2. The van der Waals surface area contributed by atoms with Gasteiger partial charge in [0, 0.05) is 57.7 Å². The SMILES string of the molecule is C=C(Nc1cc(NCCOC)c(C#N)cn1)N1CCCc2cc(CN3CCCN(C)CC3=O)c(C=O)nc21. The first-order chi connectivity index (χ1) is 18.4. The van der Waals surface area contributed by atoms with Gasteiger partial charge in [-0.25, -0.2) is 9.97 Å². The van der Waals surface area contributed by atoms with Crippen molar-refractivity contribution in [3.05, 3.63) is 53.1 Å². The number of fused-ring (bicyclic) bond motifs is 1. The van der Waals surface area contributed by atoms with Crippen molar-refractivity contribution in [3.63, 3.8) is 0 Å². The third kappa shape index (κ3) is 6.27. The molecule has 2 N–H and O–H groups in total. The van der Waals surface area contributed by atoms with Crippen LogP contribution in [-0.2, 0) is 22.5 Å². The lowest BCUT2D eigenvalue weighted by Crippen LogP contribution is -2.36. The average Bonchev–Trinajstić information content (AvgIpc) is 3.07. The molecule has 11 heteroatoms. The number of amides is 1. The predicted octanol–water partition coefficient (Wildman–Crippen LogP) is 2.22. The number of nitrogens with zero attached hydrogens (tertiary/aromatic N) is 6. The molecule has 1 amide bonds. The van der Waals surface area contributed by atoms with Crippen LogP contribution in [0.4, 0.5) is 17.3 Å². The summed E-state index contributed by atoms with van der Waals surface area (Å²) in [5, 5.41) is 15.8. The summed E-state index contributed by atoms with van der Waals surface area (Å²) >= 11 is 0. The summed E-state index contributed by atoms with van der Waals surface area (Å²) in [7, 11) is 3.56. The quantitative estimate of drug-likeness (QED) is 0.357. The van der Waals surface area contributed by atoms with Crippen molar-refractivity contribution in [3.8, 4) is 6.07 Å². The first-order valence-corrected chi connectivity index (χ1v) is 12.7. The van der Waals surface area contributed by atoms with Crippen LogP contribution in [-0.4, -0.2) is 85.4 Å². The predicted molar refractivity (Wildman–Crippen MR) is 145 cm³/mol. The average molecular weight is 519 g/mol. The highest BCUT2D eigenvalue weighted by Gasteiger charge is 2.26. The van der Waals surface area contributed by atoms with E-state index in [-0.39, 0.29) is 5.91 Å². The van der Waals surface area contributed by atoms with E-state index in [1.165, 1.54) is 6.20 Å². The molecule has 1 saturated heterocycles. The van der Waals surface area contributed by atoms with Crippen molar-refractivity contribution in [2.24, 2.45) is 0 Å². The molecule has 38 heavy (non-hydrogen) atoms. The fourth-order valence-corrected chi connectivity index (χ4v) is 4.75. The topological polar surface area (TPSA) is 127 Å². The van der Waals surface area contributed by atoms with Crippen molar-refractivity contribution in [1.82, 2.24) is 19.8 Å². The summed E-state index contributed by atoms with van der Waals surface area (Å²) in [5.74, 6) is 1.82. The summed E-state index contributed by atoms with van der Waals surface area (Å²) in [5.41, 5.74) is 3.18. The van der Waals surface area contributed by atoms with Gasteiger partial charge in [0.15, 0.2) is 6.29 Å². The molecule has 0 radical (unpaired) electrons. The van der Waals surface area contributed by atoms with E-state index in [4.69, 9.17) is 9.72 Å². The van der Waals surface area contributed by atoms with Crippen molar-refractivity contribution < 1.29 is 14.3 Å². The van der Waals surface area contributed by atoms with Gasteiger partial charge in [0.05, 0.1) is 24.4 Å². The van der Waals surface area contributed by atoms with E-state index in [9.17, 15) is 14.9 Å². The monoisotopic (exact) mass is 518 g/mol. The van der Waals surface area contributed by atoms with Crippen LogP contribution in [0.2, 0.25) is 0 Å². The molecule has 2 aromatic heterocycles. The molecule has 0 atom stereocenters. The molecule has 2 aliphatic rings. The van der Waals surface area contributed by atoms with Crippen LogP contribution in [0.5, 0.6) is 0 Å². The number of anilines is 3. The van der Waals surface area contributed by atoms with Gasteiger partial charge < -0.3 is 25.2 Å². The third-order valence-electron chi connectivity index (χ3n) is 6.72. The Kier molecular flexibility index (Phi) is 8.89. The summed E-state index contributed by atoms with van der Waals surface area (Å²) in [6.45, 7) is 8.21. The first-order valence-electron chi connectivity index (χ1n) is 12.7. The minimum Gasteiger partial charge on any atom is -0.383 e. The standard InChI is InChI=1S/C27H34N8O3/c1-19(31-25-13-23(29-7-11-38-3)22(14-28)15-30-25)35-10-4-6-20-12-21(24(18-36)32-27(20)35)16-34-9-5-8-33(2)17-26(34)37/h12-13,15,18H,1,4-11,16-17H2,2-3H3,(H2,29,30,31). The lowest BCUT2D eigenvalue weighted by atomic mass is 10.0. The molecular weight excluding hydrogens is 484 g/mol. The summed E-state index contributed by atoms with van der Waals surface area (Å²) in [6.07, 6.45) is 4.85. The first kappa shape index (κ1) is 27.0. The van der Waals surface area contributed by atoms with E-state index in [0.29, 0.717) is 73.7 Å². The van der Waals surface area contributed by atoms with E-state index in [2.05, 4.69) is 28.3 Å². The normalized spacial score (nSPS) is 15.9. The Labute approximate surface area is 223 Å². The smallest absolute Gasteiger partial charge is 0.237 e. The van der Waals surface area contributed by atoms with Gasteiger partial charge in [0.25, 0.3) is 0 Å². The van der Waals surface area contributed by atoms with Crippen molar-refractivity contribution >= 4 is 29.5 Å². The number of carbonyl (C=O) groups is 2. The molecule has 1 fully saturated rings. The molecule has 4 heterocycles. The molecule has 0 saturated carbocycles. The van der Waals surface area contributed by atoms with Gasteiger partial charge in [-0.1, -0.05) is 6.58 Å². The summed E-state index contributed by atoms with van der Waals surface area (Å²) in [6, 6.07) is 5.90. The Hall–Kier alpha value is -4.01. The molecule has 0 spiro atoms. The Bertz CT molecular complexity index is 1240. The lowest BCUT2D eigenvalue weighted by Gasteiger charge is -2.32. The Morgan fingerprint density at radius 3 is 2.89 bits per heavy atom. The zero-order valence-electron chi connectivity index (χ0n) is 22.0. The van der Waals surface area contributed by atoms with Crippen LogP contribution < -0.4 is 15.5 Å². The number of methoxy groups -OCH3 is 1. The second kappa shape index (κ2) is 12.5. The second-order valence-electron chi connectivity index (χ2n) is 9.51. The van der Waals surface area contributed by atoms with Crippen LogP contribution >= 0.6 is 0 Å². The minimum absolute atomic E-state index is 0.0600. The Morgan fingerprint density at radius 2 is 2.13 bits per heavy atom. The van der Waals surface area contributed by atoms with E-state index in [0.717, 1.165) is 43.2 Å². The molecule has 2 aromatic rings. The Balaban J connectivity index is 1.54. The number of carbonyl (C=O) groups excluding carboxylic acids is 2. The van der Waals surface area contributed by atoms with Gasteiger partial charge in [-0.2, -0.15) is 5.26 Å². The van der Waals surface area contributed by atoms with Gasteiger partial charge in [-0.15, -0.1) is 0 Å². The molecule has 2 aliphatic heterocycles. The van der Waals surface area contributed by atoms with Gasteiger partial charge in [0.2, 0.25) is 5.91 Å². The zero-order valence-corrected chi connectivity index (χ0v) is 22.0. The molecule has 200 valence electrons. The van der Waals surface area contributed by atoms with E-state index >= 15 is 0 Å². The lowest BCUT2D eigenvalue weighted by molar-refractivity contribution is -0.131. The third-order valence-corrected chi connectivity index (χ3v) is 6.72. The van der Waals surface area contributed by atoms with E-state index in [1.54, 1.807) is 13.2 Å². The van der Waals surface area contributed by atoms with Gasteiger partial charge >= 0.3 is 0 Å². The number of hydrogen-bond donors (Lipinski definition) is 2. The van der Waals surface area contributed by atoms with Crippen LogP contribution in [0.1, 0.15) is 40.0 Å². The number of rotatable bonds is 10. The summed E-state index contributed by atoms with van der Waals surface area (Å²) < 4.78 is 5.08. The second-order valence-corrected chi connectivity index (χ2v) is 9.51. The van der Waals surface area contributed by atoms with Crippen molar-refractivity contribution in [1.29, 1.82) is 5.26 Å². The summed E-state index contributed by atoms with van der Waals surface area (Å²) in [4.78, 5) is 39.6. The van der Waals surface area contributed by atoms with E-state index < -0.39 is 0 Å². The van der Waals surface area contributed by atoms with Crippen LogP contribution in [0, 0.1) is 11.3 Å². The van der Waals surface area contributed by atoms with Gasteiger partial charge in [-0.05, 0) is 37.9 Å². The highest BCUT2D eigenvalue weighted by atomic mass is 16.5. The molecule has 0 aromatic carbocycles. The minimum atomic E-state index is 0.0600. The maximum absolute atomic E-state index is 12.7. The van der Waals surface area contributed by atoms with Crippen LogP contribution in [0.3, 0.4) is 0 Å². The molecule has 11 nitrogen and oxygen atoms in total. The molecule has 0 aliphatic carbocycles. The highest BCUT2D eigenvalue weighted by molar-refractivity contribution is 5.80. The van der Waals surface area contributed by atoms with Crippen LogP contribution in [0.25, 0.3) is 0 Å². The number of hydrogen-bond acceptors (Lipinski definition) is 10. The highest BCUT2D eigenvalue weighted by Crippen LogP contribution is 2.31. The molecule has 4 rings (SSSR count). The fraction of sp³-hybridized carbons (Fsp3) is 0.444. The number of likely N-dealkylation sites (N-methyl/N-ethyl adjacent to an activating group) is 1. The van der Waals surface area contributed by atoms with Gasteiger partial charge in [-0.3, -0.25) is 14.5 Å². The number of nitriles is 1. The number of pyridine rings is 2. The van der Waals surface area contributed by atoms with Crippen LogP contribution in [0.15, 0.2) is 30.7 Å². The Morgan fingerprint density at radius 1 is 1.29 bits per heavy atom. The molecule has 0 unspecified atom stereocenters. The maximum atomic E-state index is 12.7. The largest absolute Gasteiger partial charge is 0.383 e. The number of aldehydes is 1. The van der Waals surface area contributed by atoms with Crippen molar-refractivity contribution in [2.45, 2.75) is 25.8 Å². The fourth-order valence-electron chi connectivity index (χ4n) is 4.75. The molecule has 0 bridgehead atoms. The van der Waals surface area contributed by atoms with Crippen molar-refractivity contribution in [2.75, 3.05) is 69.0 Å². The maximum Gasteiger partial charge on any atom is 0.237 e. The van der Waals surface area contributed by atoms with Gasteiger partial charge in [0.1, 0.15) is 29.2 Å². The zero-order chi connectivity index (χ0) is 27.1. The van der Waals surface area contributed by atoms with E-state index in [1.807, 2.05) is 27.8 Å². The number of aromatic nitrogens is 2. The molecular formula is C27H34N8O3.